The smallest absolute Gasteiger partial charge is 0.352 e. The second kappa shape index (κ2) is 10.4. The van der Waals surface area contributed by atoms with Gasteiger partial charge in [-0.15, -0.1) is 0 Å². The van der Waals surface area contributed by atoms with Gasteiger partial charge < -0.3 is 23.7 Å². The number of fused-ring (bicyclic) bond motifs is 2. The highest BCUT2D eigenvalue weighted by atomic mass is 35.5. The highest BCUT2D eigenvalue weighted by Gasteiger charge is 2.33. The monoisotopic (exact) mass is 582 g/mol. The number of halogens is 6. The first-order chi connectivity index (χ1) is 19.0. The molecule has 0 aromatic heterocycles. The van der Waals surface area contributed by atoms with Crippen LogP contribution >= 0.6 is 11.6 Å². The molecule has 0 amide bonds. The summed E-state index contributed by atoms with van der Waals surface area (Å²) in [7, 11) is 0. The molecule has 2 aliphatic heterocycles. The first-order valence-corrected chi connectivity index (χ1v) is 11.9. The number of ketones is 1. The molecule has 40 heavy (non-hydrogen) atoms. The molecular weight excluding hydrogens is 567 g/mol. The summed E-state index contributed by atoms with van der Waals surface area (Å²) in [6.07, 6.45) is -0.346. The first-order valence-electron chi connectivity index (χ1n) is 11.5. The van der Waals surface area contributed by atoms with Crippen LogP contribution in [0.3, 0.4) is 0 Å². The predicted molar refractivity (Wildman–Crippen MR) is 128 cm³/mol. The van der Waals surface area contributed by atoms with Crippen molar-refractivity contribution in [3.63, 3.8) is 0 Å². The third kappa shape index (κ3) is 4.84. The molecular formula is C27H16ClF5O7. The molecule has 0 N–H and O–H groups in total. The van der Waals surface area contributed by atoms with E-state index in [1.54, 1.807) is 19.1 Å². The number of hydrogen-bond acceptors (Lipinski definition) is 7. The predicted octanol–water partition coefficient (Wildman–Crippen LogP) is 6.20. The van der Waals surface area contributed by atoms with Crippen molar-refractivity contribution >= 4 is 29.4 Å². The van der Waals surface area contributed by atoms with Gasteiger partial charge in [0, 0.05) is 22.2 Å². The van der Waals surface area contributed by atoms with Gasteiger partial charge in [-0.3, -0.25) is 4.79 Å². The number of aryl methyl sites for hydroxylation is 1. The van der Waals surface area contributed by atoms with Crippen LogP contribution in [0.15, 0.2) is 30.0 Å². The zero-order chi connectivity index (χ0) is 28.9. The zero-order valence-corrected chi connectivity index (χ0v) is 21.3. The quantitative estimate of drug-likeness (QED) is 0.0885. The van der Waals surface area contributed by atoms with Crippen LogP contribution in [0.25, 0.3) is 6.08 Å². The molecule has 0 saturated carbocycles. The highest BCUT2D eigenvalue weighted by Crippen LogP contribution is 2.40. The number of benzene rings is 3. The highest BCUT2D eigenvalue weighted by molar-refractivity contribution is 6.31. The summed E-state index contributed by atoms with van der Waals surface area (Å²) in [6, 6.07) is 5.81. The third-order valence-corrected chi connectivity index (χ3v) is 6.17. The van der Waals surface area contributed by atoms with Crippen LogP contribution in [-0.2, 0) is 16.1 Å². The molecule has 0 fully saturated rings. The lowest BCUT2D eigenvalue weighted by Crippen LogP contribution is -2.29. The number of allylic oxidation sites excluding steroid dienone is 1. The van der Waals surface area contributed by atoms with Gasteiger partial charge in [-0.1, -0.05) is 11.6 Å². The van der Waals surface area contributed by atoms with Crippen LogP contribution in [0.5, 0.6) is 23.0 Å². The largest absolute Gasteiger partial charge is 0.473 e. The van der Waals surface area contributed by atoms with Crippen molar-refractivity contribution < 1.29 is 55.2 Å². The van der Waals surface area contributed by atoms with Crippen molar-refractivity contribution in [2.45, 2.75) is 26.6 Å². The van der Waals surface area contributed by atoms with E-state index in [0.717, 1.165) is 6.92 Å². The zero-order valence-electron chi connectivity index (χ0n) is 20.5. The Labute approximate surface area is 227 Å². The Morgan fingerprint density at radius 1 is 1.02 bits per heavy atom. The number of esters is 1. The van der Waals surface area contributed by atoms with E-state index >= 15 is 0 Å². The van der Waals surface area contributed by atoms with Crippen LogP contribution in [0.4, 0.5) is 22.0 Å². The molecule has 7 nitrogen and oxygen atoms in total. The molecule has 0 radical (unpaired) electrons. The van der Waals surface area contributed by atoms with Crippen molar-refractivity contribution in [2.24, 2.45) is 0 Å². The fraction of sp³-hybridized carbons (Fsp3) is 0.185. The maximum absolute atomic E-state index is 13.9. The Morgan fingerprint density at radius 2 is 1.70 bits per heavy atom. The van der Waals surface area contributed by atoms with Gasteiger partial charge in [0.2, 0.25) is 34.9 Å². The molecule has 1 atom stereocenters. The van der Waals surface area contributed by atoms with Gasteiger partial charge in [-0.25, -0.2) is 18.0 Å². The molecule has 0 saturated heterocycles. The molecule has 3 aromatic carbocycles. The van der Waals surface area contributed by atoms with Crippen molar-refractivity contribution in [1.29, 1.82) is 0 Å². The van der Waals surface area contributed by atoms with Crippen molar-refractivity contribution in [1.82, 2.24) is 0 Å². The van der Waals surface area contributed by atoms with E-state index in [2.05, 4.69) is 0 Å². The minimum Gasteiger partial charge on any atom is -0.473 e. The van der Waals surface area contributed by atoms with Crippen LogP contribution < -0.4 is 18.9 Å². The fourth-order valence-electron chi connectivity index (χ4n) is 4.11. The fourth-order valence-corrected chi connectivity index (χ4v) is 4.35. The van der Waals surface area contributed by atoms with Crippen molar-refractivity contribution in [3.8, 4) is 23.0 Å². The Hall–Kier alpha value is -4.16. The normalized spacial score (nSPS) is 15.7. The Morgan fingerprint density at radius 3 is 2.40 bits per heavy atom. The van der Waals surface area contributed by atoms with Gasteiger partial charge in [0.05, 0.1) is 12.2 Å². The van der Waals surface area contributed by atoms with E-state index in [1.165, 1.54) is 18.2 Å². The molecule has 208 valence electrons. The van der Waals surface area contributed by atoms with Gasteiger partial charge in [-0.05, 0) is 43.7 Å². The lowest BCUT2D eigenvalue weighted by atomic mass is 10.0. The Kier molecular flexibility index (Phi) is 7.15. The molecule has 0 aliphatic carbocycles. The molecule has 0 spiro atoms. The summed E-state index contributed by atoms with van der Waals surface area (Å²) in [5, 5.41) is 0.384. The lowest BCUT2D eigenvalue weighted by molar-refractivity contribution is -0.141. The van der Waals surface area contributed by atoms with E-state index in [9.17, 15) is 31.5 Å². The molecule has 2 heterocycles. The van der Waals surface area contributed by atoms with Crippen molar-refractivity contribution in [3.05, 3.63) is 86.4 Å². The molecule has 13 heteroatoms. The van der Waals surface area contributed by atoms with E-state index in [1.807, 2.05) is 0 Å². The van der Waals surface area contributed by atoms with Gasteiger partial charge in [0.1, 0.15) is 17.2 Å². The van der Waals surface area contributed by atoms with Crippen molar-refractivity contribution in [2.75, 3.05) is 6.79 Å². The summed E-state index contributed by atoms with van der Waals surface area (Å²) >= 11 is 6.18. The SMILES string of the molecule is Cc1cc(OC(=O)C(C)Oc2c(F)c(F)c(F)c(F)c2F)cc2c1C(=O)/C(=C/c1cc(Cl)cc3c1OCOC3)O2. The third-order valence-electron chi connectivity index (χ3n) is 5.95. The average Bonchev–Trinajstić information content (AvgIpc) is 3.23. The van der Waals surface area contributed by atoms with Crippen LogP contribution in [-0.4, -0.2) is 24.6 Å². The summed E-state index contributed by atoms with van der Waals surface area (Å²) in [6.45, 7) is 2.82. The second-order valence-corrected chi connectivity index (χ2v) is 9.16. The summed E-state index contributed by atoms with van der Waals surface area (Å²) in [5.41, 5.74) is 1.71. The molecule has 0 bridgehead atoms. The Balaban J connectivity index is 1.37. The Bertz CT molecular complexity index is 1590. The topological polar surface area (TPSA) is 80.3 Å². The standard InChI is InChI=1S/C27H16ClF5O7/c1-10-3-15(39-27(35)11(2)38-26-22(32)20(30)19(29)21(31)23(26)33)7-16-18(10)24(34)17(40-16)6-12-4-14(28)5-13-8-36-9-37-25(12)13/h3-7,11H,8-9H2,1-2H3/b17-6-. The number of Topliss-reactive ketones (excluding diaryl/α,β-unsaturated/α-hetero) is 1. The van der Waals surface area contributed by atoms with E-state index < -0.39 is 52.7 Å². The second-order valence-electron chi connectivity index (χ2n) is 8.73. The molecule has 1 unspecified atom stereocenters. The number of ether oxygens (including phenoxy) is 5. The van der Waals surface area contributed by atoms with Crippen LogP contribution in [0.2, 0.25) is 5.02 Å². The van der Waals surface area contributed by atoms with Gasteiger partial charge >= 0.3 is 5.97 Å². The first kappa shape index (κ1) is 27.4. The van der Waals surface area contributed by atoms with Crippen LogP contribution in [0.1, 0.15) is 34.0 Å². The summed E-state index contributed by atoms with van der Waals surface area (Å²) < 4.78 is 94.4. The summed E-state index contributed by atoms with van der Waals surface area (Å²) in [4.78, 5) is 25.6. The summed E-state index contributed by atoms with van der Waals surface area (Å²) in [5.74, 6) is -14.3. The molecule has 5 rings (SSSR count). The van der Waals surface area contributed by atoms with Gasteiger partial charge in [0.15, 0.2) is 24.4 Å². The molecule has 2 aliphatic rings. The number of carbonyl (C=O) groups excluding carboxylic acids is 2. The van der Waals surface area contributed by atoms with Gasteiger partial charge in [-0.2, -0.15) is 8.78 Å². The minimum atomic E-state index is -2.37. The number of rotatable bonds is 5. The molecule has 3 aromatic rings. The number of hydrogen-bond donors (Lipinski definition) is 0. The van der Waals surface area contributed by atoms with E-state index in [4.69, 9.17) is 35.3 Å². The van der Waals surface area contributed by atoms with Crippen LogP contribution in [0, 0.1) is 36.0 Å². The average molecular weight is 583 g/mol. The van der Waals surface area contributed by atoms with Gasteiger partial charge in [0.25, 0.3) is 0 Å². The maximum Gasteiger partial charge on any atom is 0.352 e. The maximum atomic E-state index is 13.9. The van der Waals surface area contributed by atoms with E-state index in [-0.39, 0.29) is 36.2 Å². The lowest BCUT2D eigenvalue weighted by Gasteiger charge is -2.20. The minimum absolute atomic E-state index is 0.0140. The number of carbonyl (C=O) groups is 2. The van der Waals surface area contributed by atoms with E-state index in [0.29, 0.717) is 27.5 Å².